The van der Waals surface area contributed by atoms with Crippen LogP contribution >= 0.6 is 11.8 Å². The molecule has 1 aromatic heterocycles. The highest BCUT2D eigenvalue weighted by atomic mass is 32.2. The zero-order valence-electron chi connectivity index (χ0n) is 8.56. The zero-order chi connectivity index (χ0) is 11.4. The molecule has 1 heterocycles. The van der Waals surface area contributed by atoms with Crippen molar-refractivity contribution in [2.75, 3.05) is 0 Å². The number of nitrogens with zero attached hydrogens (tertiary/aromatic N) is 1. The van der Waals surface area contributed by atoms with Crippen molar-refractivity contribution < 1.29 is 4.39 Å². The van der Waals surface area contributed by atoms with Crippen LogP contribution in [-0.2, 0) is 6.54 Å². The van der Waals surface area contributed by atoms with Crippen LogP contribution < -0.4 is 5.73 Å². The molecule has 0 aliphatic carbocycles. The van der Waals surface area contributed by atoms with Crippen molar-refractivity contribution in [3.63, 3.8) is 0 Å². The number of benzene rings is 1. The fourth-order valence-corrected chi connectivity index (χ4v) is 2.26. The summed E-state index contributed by atoms with van der Waals surface area (Å²) in [5, 5.41) is 0. The van der Waals surface area contributed by atoms with E-state index >= 15 is 0 Å². The molecule has 0 radical (unpaired) electrons. The van der Waals surface area contributed by atoms with E-state index in [4.69, 9.17) is 5.73 Å². The normalized spacial score (nSPS) is 10.4. The predicted molar refractivity (Wildman–Crippen MR) is 62.7 cm³/mol. The third-order valence-electron chi connectivity index (χ3n) is 2.10. The molecule has 0 unspecified atom stereocenters. The molecule has 0 spiro atoms. The van der Waals surface area contributed by atoms with E-state index in [-0.39, 0.29) is 5.82 Å². The Bertz CT molecular complexity index is 488. The number of hydrogen-bond donors (Lipinski definition) is 1. The molecule has 2 N–H and O–H groups in total. The van der Waals surface area contributed by atoms with Crippen molar-refractivity contribution in [3.05, 3.63) is 54.1 Å². The maximum absolute atomic E-state index is 13.4. The molecule has 16 heavy (non-hydrogen) atoms. The second-order valence-corrected chi connectivity index (χ2v) is 4.27. The van der Waals surface area contributed by atoms with Crippen molar-refractivity contribution in [2.45, 2.75) is 16.3 Å². The van der Waals surface area contributed by atoms with Crippen LogP contribution in [0.1, 0.15) is 5.69 Å². The quantitative estimate of drug-likeness (QED) is 0.887. The Morgan fingerprint density at radius 2 is 1.88 bits per heavy atom. The number of nitrogens with two attached hydrogens (primary N) is 1. The molecule has 0 aliphatic heterocycles. The second kappa shape index (κ2) is 5.09. The van der Waals surface area contributed by atoms with Gasteiger partial charge in [-0.1, -0.05) is 23.9 Å². The first-order valence-corrected chi connectivity index (χ1v) is 5.69. The van der Waals surface area contributed by atoms with Crippen molar-refractivity contribution in [1.29, 1.82) is 0 Å². The van der Waals surface area contributed by atoms with Crippen LogP contribution in [0.5, 0.6) is 0 Å². The summed E-state index contributed by atoms with van der Waals surface area (Å²) in [6.45, 7) is 0.359. The van der Waals surface area contributed by atoms with Gasteiger partial charge in [0.25, 0.3) is 0 Å². The Morgan fingerprint density at radius 1 is 1.12 bits per heavy atom. The van der Waals surface area contributed by atoms with Gasteiger partial charge in [-0.25, -0.2) is 4.39 Å². The fraction of sp³-hybridized carbons (Fsp3) is 0.0833. The molecule has 0 fully saturated rings. The van der Waals surface area contributed by atoms with Crippen molar-refractivity contribution in [3.8, 4) is 0 Å². The largest absolute Gasteiger partial charge is 0.325 e. The molecule has 0 atom stereocenters. The van der Waals surface area contributed by atoms with Crippen molar-refractivity contribution in [2.24, 2.45) is 5.73 Å². The minimum Gasteiger partial charge on any atom is -0.325 e. The number of hydrogen-bond acceptors (Lipinski definition) is 3. The lowest BCUT2D eigenvalue weighted by atomic mass is 10.3. The van der Waals surface area contributed by atoms with Crippen LogP contribution in [0, 0.1) is 5.82 Å². The highest BCUT2D eigenvalue weighted by Gasteiger charge is 2.06. The first-order chi connectivity index (χ1) is 7.81. The van der Waals surface area contributed by atoms with E-state index in [0.717, 1.165) is 10.6 Å². The van der Waals surface area contributed by atoms with Crippen LogP contribution in [0.25, 0.3) is 0 Å². The topological polar surface area (TPSA) is 38.9 Å². The zero-order valence-corrected chi connectivity index (χ0v) is 9.38. The monoisotopic (exact) mass is 234 g/mol. The van der Waals surface area contributed by atoms with E-state index in [2.05, 4.69) is 4.98 Å². The average molecular weight is 234 g/mol. The number of aromatic nitrogens is 1. The van der Waals surface area contributed by atoms with Gasteiger partial charge in [-0.15, -0.1) is 0 Å². The van der Waals surface area contributed by atoms with Gasteiger partial charge >= 0.3 is 0 Å². The molecule has 0 bridgehead atoms. The Kier molecular flexibility index (Phi) is 3.54. The van der Waals surface area contributed by atoms with Crippen LogP contribution in [0.2, 0.25) is 0 Å². The summed E-state index contributed by atoms with van der Waals surface area (Å²) >= 11 is 1.35. The Labute approximate surface area is 97.7 Å². The van der Waals surface area contributed by atoms with Gasteiger partial charge in [-0.3, -0.25) is 4.98 Å². The summed E-state index contributed by atoms with van der Waals surface area (Å²) in [6.07, 6.45) is 1.69. The van der Waals surface area contributed by atoms with Gasteiger partial charge in [-0.05, 0) is 24.3 Å². The van der Waals surface area contributed by atoms with Gasteiger partial charge < -0.3 is 5.73 Å². The number of rotatable bonds is 3. The Hall–Kier alpha value is -1.39. The molecule has 1 aromatic carbocycles. The van der Waals surface area contributed by atoms with E-state index in [1.54, 1.807) is 18.3 Å². The lowest BCUT2D eigenvalue weighted by Gasteiger charge is -2.06. The summed E-state index contributed by atoms with van der Waals surface area (Å²) in [5.41, 5.74) is 6.36. The molecule has 2 rings (SSSR count). The fourth-order valence-electron chi connectivity index (χ4n) is 1.32. The van der Waals surface area contributed by atoms with Crippen LogP contribution in [0.3, 0.4) is 0 Å². The maximum Gasteiger partial charge on any atom is 0.137 e. The molecule has 0 saturated carbocycles. The van der Waals surface area contributed by atoms with Gasteiger partial charge in [-0.2, -0.15) is 0 Å². The van der Waals surface area contributed by atoms with E-state index < -0.39 is 0 Å². The molecule has 0 saturated heterocycles. The molecular formula is C12H11FN2S. The molecule has 4 heteroatoms. The van der Waals surface area contributed by atoms with Crippen molar-refractivity contribution >= 4 is 11.8 Å². The Morgan fingerprint density at radius 3 is 2.62 bits per heavy atom. The van der Waals surface area contributed by atoms with Crippen molar-refractivity contribution in [1.82, 2.24) is 4.98 Å². The smallest absolute Gasteiger partial charge is 0.137 e. The second-order valence-electron chi connectivity index (χ2n) is 3.18. The van der Waals surface area contributed by atoms with Gasteiger partial charge in [0, 0.05) is 22.5 Å². The number of halogens is 1. The first kappa shape index (κ1) is 11.1. The lowest BCUT2D eigenvalue weighted by molar-refractivity contribution is 0.602. The summed E-state index contributed by atoms with van der Waals surface area (Å²) in [7, 11) is 0. The molecule has 2 nitrogen and oxygen atoms in total. The van der Waals surface area contributed by atoms with Gasteiger partial charge in [0.15, 0.2) is 0 Å². The standard InChI is InChI=1S/C12H11FN2S/c13-9-4-1-2-5-11(9)16-12-6-3-7-15-10(12)8-14/h1-7H,8,14H2. The van der Waals surface area contributed by atoms with E-state index in [9.17, 15) is 4.39 Å². The van der Waals surface area contributed by atoms with Gasteiger partial charge in [0.2, 0.25) is 0 Å². The Balaban J connectivity index is 2.30. The van der Waals surface area contributed by atoms with Crippen LogP contribution in [-0.4, -0.2) is 4.98 Å². The van der Waals surface area contributed by atoms with Crippen LogP contribution in [0.15, 0.2) is 52.4 Å². The van der Waals surface area contributed by atoms with Gasteiger partial charge in [0.05, 0.1) is 5.69 Å². The molecule has 82 valence electrons. The van der Waals surface area contributed by atoms with E-state index in [1.165, 1.54) is 17.8 Å². The predicted octanol–water partition coefficient (Wildman–Crippen LogP) is 2.83. The molecule has 0 aliphatic rings. The highest BCUT2D eigenvalue weighted by molar-refractivity contribution is 7.99. The lowest BCUT2D eigenvalue weighted by Crippen LogP contribution is -2.00. The first-order valence-electron chi connectivity index (χ1n) is 4.87. The van der Waals surface area contributed by atoms with E-state index in [1.807, 2.05) is 18.2 Å². The summed E-state index contributed by atoms with van der Waals surface area (Å²) in [6, 6.07) is 10.4. The van der Waals surface area contributed by atoms with Crippen LogP contribution in [0.4, 0.5) is 4.39 Å². The maximum atomic E-state index is 13.4. The minimum atomic E-state index is -0.223. The SMILES string of the molecule is NCc1ncccc1Sc1ccccc1F. The average Bonchev–Trinajstić information content (AvgIpc) is 2.33. The highest BCUT2D eigenvalue weighted by Crippen LogP contribution is 2.30. The summed E-state index contributed by atoms with van der Waals surface area (Å²) in [5.74, 6) is -0.223. The third-order valence-corrected chi connectivity index (χ3v) is 3.24. The third kappa shape index (κ3) is 2.40. The minimum absolute atomic E-state index is 0.223. The molecule has 0 amide bonds. The summed E-state index contributed by atoms with van der Waals surface area (Å²) in [4.78, 5) is 5.64. The molecule has 2 aromatic rings. The van der Waals surface area contributed by atoms with E-state index in [0.29, 0.717) is 11.4 Å². The molecular weight excluding hydrogens is 223 g/mol. The summed E-state index contributed by atoms with van der Waals surface area (Å²) < 4.78 is 13.4. The van der Waals surface area contributed by atoms with Gasteiger partial charge in [0.1, 0.15) is 5.82 Å². The number of pyridine rings is 1.